The predicted octanol–water partition coefficient (Wildman–Crippen LogP) is 3.03. The lowest BCUT2D eigenvalue weighted by molar-refractivity contribution is -0.138. The Morgan fingerprint density at radius 1 is 1.53 bits per heavy atom. The van der Waals surface area contributed by atoms with Crippen molar-refractivity contribution in [3.8, 4) is 0 Å². The molecule has 19 heavy (non-hydrogen) atoms. The number of hydrogen-bond acceptors (Lipinski definition) is 3. The van der Waals surface area contributed by atoms with E-state index in [1.807, 2.05) is 16.2 Å². The zero-order valence-corrected chi connectivity index (χ0v) is 13.1. The molecule has 1 N–H and O–H groups in total. The van der Waals surface area contributed by atoms with Crippen LogP contribution in [0.3, 0.4) is 0 Å². The Balaban J connectivity index is 2.16. The number of amides is 1. The normalized spacial score (nSPS) is 21.8. The van der Waals surface area contributed by atoms with Gasteiger partial charge in [0.05, 0.1) is 12.1 Å². The number of piperidine rings is 1. The summed E-state index contributed by atoms with van der Waals surface area (Å²) in [7, 11) is 0. The highest BCUT2D eigenvalue weighted by Gasteiger charge is 2.32. The molecule has 0 bridgehead atoms. The largest absolute Gasteiger partial charge is 0.335 e. The number of aryl methyl sites for hydroxylation is 2. The average molecular weight is 280 g/mol. The van der Waals surface area contributed by atoms with Crippen LogP contribution >= 0.6 is 11.3 Å². The van der Waals surface area contributed by atoms with Gasteiger partial charge in [-0.05, 0) is 51.8 Å². The molecule has 0 aromatic carbocycles. The molecular weight excluding hydrogens is 256 g/mol. The van der Waals surface area contributed by atoms with Crippen LogP contribution in [0.15, 0.2) is 6.07 Å². The Bertz CT molecular complexity index is 453. The van der Waals surface area contributed by atoms with E-state index in [0.717, 1.165) is 25.9 Å². The second kappa shape index (κ2) is 6.06. The monoisotopic (exact) mass is 280 g/mol. The predicted molar refractivity (Wildman–Crippen MR) is 80.6 cm³/mol. The lowest BCUT2D eigenvalue weighted by Gasteiger charge is -2.37. The number of likely N-dealkylation sites (tertiary alicyclic amines) is 1. The molecular formula is C15H24N2OS. The van der Waals surface area contributed by atoms with Gasteiger partial charge in [-0.1, -0.05) is 6.92 Å². The molecule has 2 rings (SSSR count). The van der Waals surface area contributed by atoms with Crippen molar-refractivity contribution in [1.82, 2.24) is 10.2 Å². The molecule has 4 heteroatoms. The maximum absolute atomic E-state index is 12.5. The molecule has 2 heterocycles. The van der Waals surface area contributed by atoms with Gasteiger partial charge in [-0.3, -0.25) is 4.79 Å². The van der Waals surface area contributed by atoms with Gasteiger partial charge in [-0.2, -0.15) is 0 Å². The Morgan fingerprint density at radius 2 is 2.26 bits per heavy atom. The highest BCUT2D eigenvalue weighted by atomic mass is 32.1. The highest BCUT2D eigenvalue weighted by molar-refractivity contribution is 7.12. The molecule has 1 saturated heterocycles. The van der Waals surface area contributed by atoms with Crippen LogP contribution in [0, 0.1) is 13.8 Å². The summed E-state index contributed by atoms with van der Waals surface area (Å²) < 4.78 is 0. The third-order valence-electron chi connectivity index (χ3n) is 3.92. The number of nitrogens with one attached hydrogen (secondary N) is 1. The third-order valence-corrected chi connectivity index (χ3v) is 4.90. The van der Waals surface area contributed by atoms with Gasteiger partial charge in [-0.25, -0.2) is 0 Å². The van der Waals surface area contributed by atoms with E-state index in [0.29, 0.717) is 0 Å². The van der Waals surface area contributed by atoms with E-state index in [2.05, 4.69) is 39.1 Å². The van der Waals surface area contributed by atoms with Gasteiger partial charge in [0, 0.05) is 16.3 Å². The van der Waals surface area contributed by atoms with E-state index >= 15 is 0 Å². The number of nitrogens with zero attached hydrogens (tertiary/aromatic N) is 1. The summed E-state index contributed by atoms with van der Waals surface area (Å²) in [5.74, 6) is 0.267. The molecule has 1 fully saturated rings. The van der Waals surface area contributed by atoms with E-state index < -0.39 is 0 Å². The summed E-state index contributed by atoms with van der Waals surface area (Å²) in [6, 6.07) is 2.44. The fourth-order valence-electron chi connectivity index (χ4n) is 2.95. The molecule has 106 valence electrons. The first-order valence-corrected chi connectivity index (χ1v) is 7.97. The van der Waals surface area contributed by atoms with Crippen LogP contribution in [0.4, 0.5) is 0 Å². The fourth-order valence-corrected chi connectivity index (χ4v) is 3.97. The highest BCUT2D eigenvalue weighted by Crippen LogP contribution is 2.31. The zero-order chi connectivity index (χ0) is 14.0. The zero-order valence-electron chi connectivity index (χ0n) is 12.3. The Kier molecular flexibility index (Phi) is 4.63. The van der Waals surface area contributed by atoms with E-state index in [9.17, 15) is 4.79 Å². The SMILES string of the molecule is CCNC1CCCN(C(C)c2cc(C)sc2C)C1=O. The number of thiophene rings is 1. The first kappa shape index (κ1) is 14.5. The quantitative estimate of drug-likeness (QED) is 0.919. The minimum Gasteiger partial charge on any atom is -0.335 e. The van der Waals surface area contributed by atoms with Gasteiger partial charge in [0.1, 0.15) is 0 Å². The van der Waals surface area contributed by atoms with Crippen molar-refractivity contribution >= 4 is 17.2 Å². The molecule has 1 aliphatic heterocycles. The first-order chi connectivity index (χ1) is 9.04. The van der Waals surface area contributed by atoms with Crippen LogP contribution in [-0.2, 0) is 4.79 Å². The molecule has 0 saturated carbocycles. The number of likely N-dealkylation sites (N-methyl/N-ethyl adjacent to an activating group) is 1. The van der Waals surface area contributed by atoms with Crippen LogP contribution in [0.2, 0.25) is 0 Å². The molecule has 2 unspecified atom stereocenters. The number of carbonyl (C=O) groups excluding carboxylic acids is 1. The summed E-state index contributed by atoms with van der Waals surface area (Å²) in [4.78, 5) is 17.2. The number of carbonyl (C=O) groups is 1. The van der Waals surface area contributed by atoms with Crippen LogP contribution < -0.4 is 5.32 Å². The molecule has 0 aliphatic carbocycles. The van der Waals surface area contributed by atoms with Gasteiger partial charge < -0.3 is 10.2 Å². The van der Waals surface area contributed by atoms with Gasteiger partial charge in [0.15, 0.2) is 0 Å². The van der Waals surface area contributed by atoms with E-state index in [1.165, 1.54) is 15.3 Å². The van der Waals surface area contributed by atoms with Crippen LogP contribution in [0.1, 0.15) is 48.0 Å². The van der Waals surface area contributed by atoms with Gasteiger partial charge in [-0.15, -0.1) is 11.3 Å². The molecule has 1 aliphatic rings. The van der Waals surface area contributed by atoms with Crippen LogP contribution in [-0.4, -0.2) is 29.9 Å². The van der Waals surface area contributed by atoms with Crippen molar-refractivity contribution in [3.05, 3.63) is 21.4 Å². The Hall–Kier alpha value is -0.870. The minimum atomic E-state index is 0.0150. The second-order valence-corrected chi connectivity index (χ2v) is 6.79. The second-order valence-electron chi connectivity index (χ2n) is 5.33. The molecule has 1 amide bonds. The molecule has 1 aromatic rings. The fraction of sp³-hybridized carbons (Fsp3) is 0.667. The topological polar surface area (TPSA) is 32.3 Å². The van der Waals surface area contributed by atoms with Crippen molar-refractivity contribution in [2.75, 3.05) is 13.1 Å². The summed E-state index contributed by atoms with van der Waals surface area (Å²) in [5, 5.41) is 3.30. The van der Waals surface area contributed by atoms with Crippen molar-refractivity contribution < 1.29 is 4.79 Å². The lowest BCUT2D eigenvalue weighted by Crippen LogP contribution is -2.51. The van der Waals surface area contributed by atoms with E-state index in [-0.39, 0.29) is 18.0 Å². The minimum absolute atomic E-state index is 0.0150. The van der Waals surface area contributed by atoms with Crippen LogP contribution in [0.5, 0.6) is 0 Å². The molecule has 0 spiro atoms. The van der Waals surface area contributed by atoms with Gasteiger partial charge >= 0.3 is 0 Å². The lowest BCUT2D eigenvalue weighted by atomic mass is 10.00. The van der Waals surface area contributed by atoms with Gasteiger partial charge in [0.25, 0.3) is 0 Å². The number of hydrogen-bond donors (Lipinski definition) is 1. The molecule has 0 radical (unpaired) electrons. The smallest absolute Gasteiger partial charge is 0.240 e. The third kappa shape index (κ3) is 3.00. The molecule has 3 nitrogen and oxygen atoms in total. The molecule has 2 atom stereocenters. The standard InChI is InChI=1S/C15H24N2OS/c1-5-16-14-7-6-8-17(15(14)18)11(3)13-9-10(2)19-12(13)4/h9,11,14,16H,5-8H2,1-4H3. The summed E-state index contributed by atoms with van der Waals surface area (Å²) >= 11 is 1.82. The Morgan fingerprint density at radius 3 is 2.84 bits per heavy atom. The van der Waals surface area contributed by atoms with Crippen molar-refractivity contribution in [3.63, 3.8) is 0 Å². The number of rotatable bonds is 4. The summed E-state index contributed by atoms with van der Waals surface area (Å²) in [6.07, 6.45) is 2.06. The van der Waals surface area contributed by atoms with E-state index in [4.69, 9.17) is 0 Å². The average Bonchev–Trinajstić information content (AvgIpc) is 2.70. The summed E-state index contributed by atoms with van der Waals surface area (Å²) in [5.41, 5.74) is 1.31. The van der Waals surface area contributed by atoms with Gasteiger partial charge in [0.2, 0.25) is 5.91 Å². The molecule has 1 aromatic heterocycles. The summed E-state index contributed by atoms with van der Waals surface area (Å²) in [6.45, 7) is 10.2. The maximum Gasteiger partial charge on any atom is 0.240 e. The maximum atomic E-state index is 12.5. The Labute approximate surface area is 120 Å². The van der Waals surface area contributed by atoms with Crippen molar-refractivity contribution in [1.29, 1.82) is 0 Å². The van der Waals surface area contributed by atoms with E-state index in [1.54, 1.807) is 0 Å². The first-order valence-electron chi connectivity index (χ1n) is 7.15. The van der Waals surface area contributed by atoms with Crippen LogP contribution in [0.25, 0.3) is 0 Å². The van der Waals surface area contributed by atoms with Crippen molar-refractivity contribution in [2.24, 2.45) is 0 Å². The van der Waals surface area contributed by atoms with Crippen molar-refractivity contribution in [2.45, 2.75) is 52.6 Å².